The van der Waals surface area contributed by atoms with Gasteiger partial charge in [-0.05, 0) is 18.9 Å². The third-order valence-electron chi connectivity index (χ3n) is 5.40. The highest BCUT2D eigenvalue weighted by molar-refractivity contribution is 5.79. The van der Waals surface area contributed by atoms with E-state index in [1.54, 1.807) is 6.33 Å². The first-order chi connectivity index (χ1) is 13.2. The van der Waals surface area contributed by atoms with E-state index in [1.807, 2.05) is 17.0 Å². The maximum atomic E-state index is 12.8. The second-order valence-corrected chi connectivity index (χ2v) is 7.27. The molecule has 0 radical (unpaired) electrons. The Hall–Kier alpha value is -2.47. The molecule has 0 bridgehead atoms. The summed E-state index contributed by atoms with van der Waals surface area (Å²) >= 11 is 0. The molecule has 0 spiro atoms. The van der Waals surface area contributed by atoms with E-state index in [1.165, 1.54) is 11.1 Å². The summed E-state index contributed by atoms with van der Waals surface area (Å²) in [7, 11) is 0. The van der Waals surface area contributed by atoms with Crippen molar-refractivity contribution in [1.29, 1.82) is 0 Å². The van der Waals surface area contributed by atoms with Crippen LogP contribution in [0.15, 0.2) is 30.6 Å². The van der Waals surface area contributed by atoms with E-state index in [0.29, 0.717) is 6.42 Å². The molecule has 6 heteroatoms. The second kappa shape index (κ2) is 8.05. The lowest BCUT2D eigenvalue weighted by atomic mass is 10.1. The Kier molecular flexibility index (Phi) is 5.34. The predicted molar refractivity (Wildman–Crippen MR) is 104 cm³/mol. The van der Waals surface area contributed by atoms with Gasteiger partial charge in [0.05, 0.1) is 25.3 Å². The molecule has 0 N–H and O–H groups in total. The van der Waals surface area contributed by atoms with Crippen LogP contribution in [-0.4, -0.2) is 60.2 Å². The van der Waals surface area contributed by atoms with Crippen molar-refractivity contribution < 1.29 is 9.53 Å². The molecule has 142 valence electrons. The monoisotopic (exact) mass is 366 g/mol. The first-order valence-electron chi connectivity index (χ1n) is 9.69. The van der Waals surface area contributed by atoms with Gasteiger partial charge in [-0.2, -0.15) is 0 Å². The molecule has 1 saturated heterocycles. The number of aromatic nitrogens is 2. The zero-order valence-corrected chi connectivity index (χ0v) is 15.9. The molecule has 6 nitrogen and oxygen atoms in total. The first kappa shape index (κ1) is 17.9. The Morgan fingerprint density at radius 1 is 1.04 bits per heavy atom. The third kappa shape index (κ3) is 4.11. The van der Waals surface area contributed by atoms with Gasteiger partial charge in [0.2, 0.25) is 5.91 Å². The molecule has 1 amide bonds. The van der Waals surface area contributed by atoms with Crippen molar-refractivity contribution in [3.8, 4) is 0 Å². The Labute approximate surface area is 160 Å². The largest absolute Gasteiger partial charge is 0.378 e. The lowest BCUT2D eigenvalue weighted by molar-refractivity contribution is -0.130. The number of amides is 1. The number of ether oxygens (including phenoxy) is 1. The first-order valence-corrected chi connectivity index (χ1v) is 9.69. The van der Waals surface area contributed by atoms with Gasteiger partial charge in [0.15, 0.2) is 0 Å². The summed E-state index contributed by atoms with van der Waals surface area (Å²) in [4.78, 5) is 26.1. The van der Waals surface area contributed by atoms with E-state index < -0.39 is 0 Å². The van der Waals surface area contributed by atoms with Crippen molar-refractivity contribution in [3.05, 3.63) is 53.0 Å². The van der Waals surface area contributed by atoms with Gasteiger partial charge in [-0.15, -0.1) is 0 Å². The minimum atomic E-state index is 0.188. The van der Waals surface area contributed by atoms with Crippen molar-refractivity contribution in [1.82, 2.24) is 14.9 Å². The molecular formula is C21H26N4O2. The van der Waals surface area contributed by atoms with Crippen LogP contribution in [-0.2, 0) is 28.8 Å². The fraction of sp³-hybridized carbons (Fsp3) is 0.476. The molecule has 1 fully saturated rings. The standard InChI is InChI=1S/C21H26N4O2/c1-16-2-4-17(5-3-16)14-20(26)24-8-6-18-19(7-9-24)22-15-23-21(18)25-10-12-27-13-11-25/h2-5,15H,6-14H2,1H3. The van der Waals surface area contributed by atoms with E-state index >= 15 is 0 Å². The number of anilines is 1. The van der Waals surface area contributed by atoms with Crippen molar-refractivity contribution in [2.45, 2.75) is 26.2 Å². The lowest BCUT2D eigenvalue weighted by Gasteiger charge is -2.29. The van der Waals surface area contributed by atoms with E-state index in [2.05, 4.69) is 33.9 Å². The minimum Gasteiger partial charge on any atom is -0.378 e. The van der Waals surface area contributed by atoms with Crippen LogP contribution in [0.3, 0.4) is 0 Å². The molecule has 3 heterocycles. The Morgan fingerprint density at radius 3 is 2.56 bits per heavy atom. The summed E-state index contributed by atoms with van der Waals surface area (Å²) in [5.74, 6) is 1.21. The van der Waals surface area contributed by atoms with E-state index in [4.69, 9.17) is 4.74 Å². The minimum absolute atomic E-state index is 0.188. The summed E-state index contributed by atoms with van der Waals surface area (Å²) in [6.45, 7) is 6.70. The zero-order valence-electron chi connectivity index (χ0n) is 15.9. The Morgan fingerprint density at radius 2 is 1.78 bits per heavy atom. The van der Waals surface area contributed by atoms with Gasteiger partial charge in [-0.25, -0.2) is 9.97 Å². The number of carbonyl (C=O) groups excluding carboxylic acids is 1. The van der Waals surface area contributed by atoms with Gasteiger partial charge >= 0.3 is 0 Å². The number of nitrogens with zero attached hydrogens (tertiary/aromatic N) is 4. The number of carbonyl (C=O) groups is 1. The van der Waals surface area contributed by atoms with Gasteiger partial charge in [0, 0.05) is 38.2 Å². The van der Waals surface area contributed by atoms with Crippen LogP contribution in [0, 0.1) is 6.92 Å². The van der Waals surface area contributed by atoms with E-state index in [-0.39, 0.29) is 5.91 Å². The normalized spacial score (nSPS) is 17.4. The lowest BCUT2D eigenvalue weighted by Crippen LogP contribution is -2.37. The quantitative estimate of drug-likeness (QED) is 0.829. The summed E-state index contributed by atoms with van der Waals surface area (Å²) in [6, 6.07) is 8.21. The number of morpholine rings is 1. The number of aryl methyl sites for hydroxylation is 1. The SMILES string of the molecule is Cc1ccc(CC(=O)N2CCc3ncnc(N4CCOCC4)c3CC2)cc1. The van der Waals surface area contributed by atoms with Crippen molar-refractivity contribution >= 4 is 11.7 Å². The molecule has 27 heavy (non-hydrogen) atoms. The van der Waals surface area contributed by atoms with Gasteiger partial charge in [-0.3, -0.25) is 4.79 Å². The van der Waals surface area contributed by atoms with Crippen LogP contribution in [0.2, 0.25) is 0 Å². The zero-order chi connectivity index (χ0) is 18.6. The van der Waals surface area contributed by atoms with Crippen LogP contribution >= 0.6 is 0 Å². The van der Waals surface area contributed by atoms with Gasteiger partial charge < -0.3 is 14.5 Å². The van der Waals surface area contributed by atoms with Crippen LogP contribution in [0.1, 0.15) is 22.4 Å². The van der Waals surface area contributed by atoms with E-state index in [0.717, 1.165) is 69.3 Å². The maximum absolute atomic E-state index is 12.8. The van der Waals surface area contributed by atoms with Crippen molar-refractivity contribution in [2.75, 3.05) is 44.3 Å². The average Bonchev–Trinajstić information content (AvgIpc) is 2.93. The van der Waals surface area contributed by atoms with Crippen molar-refractivity contribution in [3.63, 3.8) is 0 Å². The number of hydrogen-bond acceptors (Lipinski definition) is 5. The molecule has 0 saturated carbocycles. The van der Waals surface area contributed by atoms with Gasteiger partial charge in [0.25, 0.3) is 0 Å². The number of fused-ring (bicyclic) bond motifs is 1. The number of benzene rings is 1. The predicted octanol–water partition coefficient (Wildman–Crippen LogP) is 1.79. The Bertz CT molecular complexity index is 800. The van der Waals surface area contributed by atoms with Crippen molar-refractivity contribution in [2.24, 2.45) is 0 Å². The molecule has 0 aliphatic carbocycles. The highest BCUT2D eigenvalue weighted by atomic mass is 16.5. The summed E-state index contributed by atoms with van der Waals surface area (Å²) in [5.41, 5.74) is 4.56. The molecule has 1 aromatic heterocycles. The van der Waals surface area contributed by atoms with Crippen LogP contribution in [0.4, 0.5) is 5.82 Å². The maximum Gasteiger partial charge on any atom is 0.227 e. The summed E-state index contributed by atoms with van der Waals surface area (Å²) in [6.07, 6.45) is 3.71. The fourth-order valence-electron chi connectivity index (χ4n) is 3.80. The molecule has 2 aliphatic heterocycles. The molecular weight excluding hydrogens is 340 g/mol. The molecule has 0 unspecified atom stereocenters. The molecule has 0 atom stereocenters. The van der Waals surface area contributed by atoms with Gasteiger partial charge in [-0.1, -0.05) is 29.8 Å². The topological polar surface area (TPSA) is 58.6 Å². The smallest absolute Gasteiger partial charge is 0.227 e. The van der Waals surface area contributed by atoms with Crippen LogP contribution in [0.5, 0.6) is 0 Å². The molecule has 2 aromatic rings. The number of hydrogen-bond donors (Lipinski definition) is 0. The van der Waals surface area contributed by atoms with Crippen LogP contribution < -0.4 is 4.90 Å². The van der Waals surface area contributed by atoms with Gasteiger partial charge in [0.1, 0.15) is 12.1 Å². The number of rotatable bonds is 3. The molecule has 4 rings (SSSR count). The van der Waals surface area contributed by atoms with E-state index in [9.17, 15) is 4.79 Å². The summed E-state index contributed by atoms with van der Waals surface area (Å²) < 4.78 is 5.46. The highest BCUT2D eigenvalue weighted by Gasteiger charge is 2.24. The van der Waals surface area contributed by atoms with Crippen LogP contribution in [0.25, 0.3) is 0 Å². The Balaban J connectivity index is 1.46. The fourth-order valence-corrected chi connectivity index (χ4v) is 3.80. The molecule has 2 aliphatic rings. The highest BCUT2D eigenvalue weighted by Crippen LogP contribution is 2.24. The second-order valence-electron chi connectivity index (χ2n) is 7.27. The third-order valence-corrected chi connectivity index (χ3v) is 5.40. The average molecular weight is 366 g/mol. The molecule has 1 aromatic carbocycles. The summed E-state index contributed by atoms with van der Waals surface area (Å²) in [5, 5.41) is 0.